The molecule has 124 valence electrons. The Morgan fingerprint density at radius 2 is 1.68 bits per heavy atom. The number of carboxylic acids is 2. The Kier molecular flexibility index (Phi) is 8.95. The molecule has 0 bridgehead atoms. The molecule has 0 saturated heterocycles. The number of sulfonamides is 1. The lowest BCUT2D eigenvalue weighted by Crippen LogP contribution is -2.30. The fourth-order valence-electron chi connectivity index (χ4n) is 1.40. The highest BCUT2D eigenvalue weighted by atomic mass is 32.2. The lowest BCUT2D eigenvalue weighted by Gasteiger charge is -2.08. The van der Waals surface area contributed by atoms with Gasteiger partial charge in [0.25, 0.3) is 0 Å². The SMILES string of the molecule is CC(C)CS(=O)(=O)NCCc1ccncc1.O=C(O)C(=O)O. The quantitative estimate of drug-likeness (QED) is 0.640. The largest absolute Gasteiger partial charge is 0.473 e. The lowest BCUT2D eigenvalue weighted by atomic mass is 10.2. The van der Waals surface area contributed by atoms with E-state index in [1.54, 1.807) is 12.4 Å². The van der Waals surface area contributed by atoms with Crippen molar-refractivity contribution in [3.63, 3.8) is 0 Å². The van der Waals surface area contributed by atoms with Gasteiger partial charge in [0.1, 0.15) is 0 Å². The third-order valence-corrected chi connectivity index (χ3v) is 3.97. The summed E-state index contributed by atoms with van der Waals surface area (Å²) in [7, 11) is -3.12. The van der Waals surface area contributed by atoms with Crippen LogP contribution in [0.1, 0.15) is 19.4 Å². The molecule has 0 fully saturated rings. The highest BCUT2D eigenvalue weighted by molar-refractivity contribution is 7.89. The van der Waals surface area contributed by atoms with Crippen LogP contribution in [0.2, 0.25) is 0 Å². The molecule has 22 heavy (non-hydrogen) atoms. The maximum atomic E-state index is 11.5. The molecule has 0 aliphatic heterocycles. The van der Waals surface area contributed by atoms with Crippen LogP contribution in [0.15, 0.2) is 24.5 Å². The highest BCUT2D eigenvalue weighted by Gasteiger charge is 2.11. The van der Waals surface area contributed by atoms with Crippen molar-refractivity contribution in [2.75, 3.05) is 12.3 Å². The van der Waals surface area contributed by atoms with Crippen LogP contribution >= 0.6 is 0 Å². The highest BCUT2D eigenvalue weighted by Crippen LogP contribution is 1.99. The van der Waals surface area contributed by atoms with Gasteiger partial charge in [-0.05, 0) is 30.0 Å². The van der Waals surface area contributed by atoms with Gasteiger partial charge in [-0.2, -0.15) is 0 Å². The van der Waals surface area contributed by atoms with Crippen molar-refractivity contribution in [1.82, 2.24) is 9.71 Å². The van der Waals surface area contributed by atoms with Crippen LogP contribution in [0, 0.1) is 5.92 Å². The first-order valence-electron chi connectivity index (χ1n) is 6.46. The third kappa shape index (κ3) is 10.7. The van der Waals surface area contributed by atoms with E-state index in [1.165, 1.54) is 0 Å². The molecule has 0 spiro atoms. The summed E-state index contributed by atoms with van der Waals surface area (Å²) < 4.78 is 25.6. The minimum atomic E-state index is -3.12. The summed E-state index contributed by atoms with van der Waals surface area (Å²) in [4.78, 5) is 22.1. The van der Waals surface area contributed by atoms with Gasteiger partial charge in [0.2, 0.25) is 10.0 Å². The Labute approximate surface area is 129 Å². The van der Waals surface area contributed by atoms with Crippen molar-refractivity contribution in [3.8, 4) is 0 Å². The first-order valence-corrected chi connectivity index (χ1v) is 8.11. The summed E-state index contributed by atoms with van der Waals surface area (Å²) in [5.41, 5.74) is 1.09. The van der Waals surface area contributed by atoms with E-state index in [-0.39, 0.29) is 11.7 Å². The second-order valence-electron chi connectivity index (χ2n) is 4.79. The second kappa shape index (κ2) is 9.85. The third-order valence-electron chi connectivity index (χ3n) is 2.22. The summed E-state index contributed by atoms with van der Waals surface area (Å²) >= 11 is 0. The second-order valence-corrected chi connectivity index (χ2v) is 6.64. The summed E-state index contributed by atoms with van der Waals surface area (Å²) in [6.07, 6.45) is 4.11. The van der Waals surface area contributed by atoms with Crippen LogP contribution in [0.25, 0.3) is 0 Å². The first-order chi connectivity index (χ1) is 10.1. The zero-order valence-corrected chi connectivity index (χ0v) is 13.2. The standard InChI is InChI=1S/C11H18N2O2S.C2H2O4/c1-10(2)9-16(14,15)13-8-5-11-3-6-12-7-4-11;3-1(4)2(5)6/h3-4,6-7,10,13H,5,8-9H2,1-2H3;(H,3,4)(H,5,6). The molecule has 1 aromatic rings. The molecular weight excluding hydrogens is 312 g/mol. The molecule has 1 heterocycles. The Morgan fingerprint density at radius 3 is 2.09 bits per heavy atom. The van der Waals surface area contributed by atoms with Gasteiger partial charge < -0.3 is 10.2 Å². The topological polar surface area (TPSA) is 134 Å². The number of hydrogen-bond donors (Lipinski definition) is 3. The van der Waals surface area contributed by atoms with E-state index in [0.717, 1.165) is 5.56 Å². The van der Waals surface area contributed by atoms with Crippen molar-refractivity contribution in [2.45, 2.75) is 20.3 Å². The van der Waals surface area contributed by atoms with Crippen LogP contribution < -0.4 is 4.72 Å². The monoisotopic (exact) mass is 332 g/mol. The van der Waals surface area contributed by atoms with E-state index in [9.17, 15) is 8.42 Å². The van der Waals surface area contributed by atoms with Crippen LogP contribution in [-0.4, -0.2) is 47.9 Å². The molecule has 3 N–H and O–H groups in total. The van der Waals surface area contributed by atoms with Gasteiger partial charge in [0, 0.05) is 18.9 Å². The van der Waals surface area contributed by atoms with Crippen LogP contribution in [0.5, 0.6) is 0 Å². The van der Waals surface area contributed by atoms with Crippen LogP contribution in [0.4, 0.5) is 0 Å². The fraction of sp³-hybridized carbons (Fsp3) is 0.462. The molecule has 8 nitrogen and oxygen atoms in total. The molecule has 0 aliphatic carbocycles. The number of aliphatic carboxylic acids is 2. The first kappa shape index (κ1) is 20.0. The molecule has 0 unspecified atom stereocenters. The number of nitrogens with zero attached hydrogens (tertiary/aromatic N) is 1. The van der Waals surface area contributed by atoms with Gasteiger partial charge >= 0.3 is 11.9 Å². The Hall–Kier alpha value is -2.00. The molecule has 0 saturated carbocycles. The molecule has 0 amide bonds. The molecule has 0 atom stereocenters. The number of carboxylic acid groups (broad SMARTS) is 2. The molecular formula is C13H20N2O6S. The van der Waals surface area contributed by atoms with Crippen molar-refractivity contribution < 1.29 is 28.2 Å². The maximum Gasteiger partial charge on any atom is 0.414 e. The minimum absolute atomic E-state index is 0.151. The van der Waals surface area contributed by atoms with E-state index < -0.39 is 22.0 Å². The van der Waals surface area contributed by atoms with Gasteiger partial charge in [-0.15, -0.1) is 0 Å². The maximum absolute atomic E-state index is 11.5. The van der Waals surface area contributed by atoms with Gasteiger partial charge in [-0.25, -0.2) is 22.7 Å². The zero-order chi connectivity index (χ0) is 17.2. The van der Waals surface area contributed by atoms with Gasteiger partial charge in [-0.1, -0.05) is 13.8 Å². The number of pyridine rings is 1. The molecule has 9 heteroatoms. The average molecular weight is 332 g/mol. The number of hydrogen-bond acceptors (Lipinski definition) is 5. The number of nitrogens with one attached hydrogen (secondary N) is 1. The van der Waals surface area contributed by atoms with Crippen LogP contribution in [-0.2, 0) is 26.0 Å². The van der Waals surface area contributed by atoms with Gasteiger partial charge in [0.05, 0.1) is 5.75 Å². The number of carbonyl (C=O) groups is 2. The van der Waals surface area contributed by atoms with Crippen LogP contribution in [0.3, 0.4) is 0 Å². The Bertz CT molecular complexity index is 559. The van der Waals surface area contributed by atoms with E-state index >= 15 is 0 Å². The molecule has 1 aromatic heterocycles. The summed E-state index contributed by atoms with van der Waals surface area (Å²) in [6.45, 7) is 4.23. The lowest BCUT2D eigenvalue weighted by molar-refractivity contribution is -0.159. The van der Waals surface area contributed by atoms with Gasteiger partial charge in [-0.3, -0.25) is 4.98 Å². The molecule has 0 radical (unpaired) electrons. The molecule has 0 aromatic carbocycles. The average Bonchev–Trinajstić information content (AvgIpc) is 2.38. The van der Waals surface area contributed by atoms with E-state index in [4.69, 9.17) is 19.8 Å². The molecule has 0 aliphatic rings. The number of rotatable bonds is 6. The van der Waals surface area contributed by atoms with Crippen molar-refractivity contribution in [1.29, 1.82) is 0 Å². The predicted molar refractivity (Wildman–Crippen MR) is 79.8 cm³/mol. The van der Waals surface area contributed by atoms with E-state index in [0.29, 0.717) is 13.0 Å². The predicted octanol–water partition coefficient (Wildman–Crippen LogP) is 0.355. The molecule has 1 rings (SSSR count). The minimum Gasteiger partial charge on any atom is -0.473 e. The smallest absolute Gasteiger partial charge is 0.414 e. The van der Waals surface area contributed by atoms with E-state index in [2.05, 4.69) is 9.71 Å². The summed E-state index contributed by atoms with van der Waals surface area (Å²) in [6, 6.07) is 3.77. The number of aromatic nitrogens is 1. The summed E-state index contributed by atoms with van der Waals surface area (Å²) in [5, 5.41) is 14.8. The van der Waals surface area contributed by atoms with Crippen molar-refractivity contribution >= 4 is 22.0 Å². The Morgan fingerprint density at radius 1 is 1.18 bits per heavy atom. The van der Waals surface area contributed by atoms with E-state index in [1.807, 2.05) is 26.0 Å². The Balaban J connectivity index is 0.000000626. The van der Waals surface area contributed by atoms with Gasteiger partial charge in [0.15, 0.2) is 0 Å². The normalized spacial score (nSPS) is 10.7. The zero-order valence-electron chi connectivity index (χ0n) is 12.4. The summed E-state index contributed by atoms with van der Waals surface area (Å²) in [5.74, 6) is -3.31. The van der Waals surface area contributed by atoms with Crippen molar-refractivity contribution in [3.05, 3.63) is 30.1 Å². The fourth-order valence-corrected chi connectivity index (χ4v) is 2.81. The van der Waals surface area contributed by atoms with Crippen molar-refractivity contribution in [2.24, 2.45) is 5.92 Å².